The number of nitrogens with one attached hydrogen (secondary N) is 9. The second-order valence-electron chi connectivity index (χ2n) is 32.6. The molecule has 2 heterocycles. The van der Waals surface area contributed by atoms with Crippen molar-refractivity contribution in [2.24, 2.45) is 17.1 Å². The number of hydrogen-bond donors (Lipinski definition) is 10. The van der Waals surface area contributed by atoms with Gasteiger partial charge in [-0.2, -0.15) is 0 Å². The highest BCUT2D eigenvalue weighted by atomic mass is 32.1. The number of primary amides is 1. The minimum atomic E-state index is -1.85. The lowest BCUT2D eigenvalue weighted by atomic mass is 9.72. The van der Waals surface area contributed by atoms with Gasteiger partial charge in [0.2, 0.25) is 59.1 Å². The number of nitrogens with two attached hydrogens (primary N) is 1. The average molecular weight is 1580 g/mol. The Kier molecular flexibility index (Phi) is 33.1. The SMILES string of the molecule is C=CC[C@H](NC(=O)[C@H](CC(=O)NC(c1ccccc1)(c1ccccc1)c1ccccc1)NC(=O)[C@H](NC(=O)[C@@H](NC(=O)[C@@H](Cc1cccs1)NC(=O)CC1(C=C)CCCCC1)[C@H](C)CC)[C@H](C)OC(C)(C)C)C(=O)N1CCC[C@H]1C(=O)N[C@@H](CCCNC(=O)OC(C)(C)C)C(=O)N[C@@H](Cc1ccc(OC(C)(C)C)cc1)C(N)=O. The molecule has 1 saturated carbocycles. The number of alkyl carbamates (subject to hydrolysis) is 1. The maximum absolute atomic E-state index is 15.7. The van der Waals surface area contributed by atoms with Gasteiger partial charge in [0.1, 0.15) is 70.8 Å². The third-order valence-electron chi connectivity index (χ3n) is 20.1. The lowest BCUT2D eigenvalue weighted by Crippen LogP contribution is -2.63. The van der Waals surface area contributed by atoms with Crippen LogP contribution in [0, 0.1) is 11.3 Å². The Morgan fingerprint density at radius 3 is 1.68 bits per heavy atom. The third-order valence-corrected chi connectivity index (χ3v) is 21.0. The number of likely N-dealkylation sites (tertiary alicyclic amines) is 1. The van der Waals surface area contributed by atoms with Crippen LogP contribution < -0.4 is 58.3 Å². The number of nitrogens with zero attached hydrogens (tertiary/aromatic N) is 1. The van der Waals surface area contributed by atoms with Crippen LogP contribution in [0.25, 0.3) is 0 Å². The van der Waals surface area contributed by atoms with Crippen molar-refractivity contribution in [3.8, 4) is 5.75 Å². The molecule has 113 heavy (non-hydrogen) atoms. The summed E-state index contributed by atoms with van der Waals surface area (Å²) in [4.78, 5) is 164. The van der Waals surface area contributed by atoms with Crippen LogP contribution in [0.5, 0.6) is 5.75 Å². The van der Waals surface area contributed by atoms with E-state index in [2.05, 4.69) is 61.0 Å². The van der Waals surface area contributed by atoms with Crippen molar-refractivity contribution in [1.29, 1.82) is 0 Å². The Balaban J connectivity index is 1.21. The predicted molar refractivity (Wildman–Crippen MR) is 436 cm³/mol. The molecule has 5 aromatic rings. The van der Waals surface area contributed by atoms with Crippen LogP contribution in [0.1, 0.15) is 194 Å². The van der Waals surface area contributed by atoms with E-state index < -0.39 is 154 Å². The summed E-state index contributed by atoms with van der Waals surface area (Å²) in [6, 6.07) is 27.0. The molecule has 0 radical (unpaired) electrons. The fraction of sp³-hybridized carbons (Fsp3) is 0.506. The molecular formula is C87H119N11O14S. The van der Waals surface area contributed by atoms with Crippen molar-refractivity contribution >= 4 is 76.5 Å². The van der Waals surface area contributed by atoms with Crippen LogP contribution in [0.2, 0.25) is 0 Å². The van der Waals surface area contributed by atoms with E-state index in [1.807, 2.05) is 142 Å². The van der Waals surface area contributed by atoms with Crippen LogP contribution in [0.3, 0.4) is 0 Å². The summed E-state index contributed by atoms with van der Waals surface area (Å²) in [6.07, 6.45) is 5.87. The topological polar surface area (TPSA) is 353 Å². The van der Waals surface area contributed by atoms with E-state index in [9.17, 15) is 28.8 Å². The zero-order valence-corrected chi connectivity index (χ0v) is 68.5. The van der Waals surface area contributed by atoms with Crippen molar-refractivity contribution < 1.29 is 67.0 Å². The van der Waals surface area contributed by atoms with Crippen molar-refractivity contribution in [3.05, 3.63) is 185 Å². The van der Waals surface area contributed by atoms with E-state index in [4.69, 9.17) is 19.9 Å². The Bertz CT molecular complexity index is 3930. The lowest BCUT2D eigenvalue weighted by molar-refractivity contribution is -0.143. The summed E-state index contributed by atoms with van der Waals surface area (Å²) in [5.74, 6) is -7.70. The zero-order chi connectivity index (χ0) is 82.8. The number of carbonyl (C=O) groups excluding carboxylic acids is 11. The fourth-order valence-corrected chi connectivity index (χ4v) is 15.1. The van der Waals surface area contributed by atoms with Gasteiger partial charge in [0.15, 0.2) is 0 Å². The van der Waals surface area contributed by atoms with Gasteiger partial charge in [-0.3, -0.25) is 47.9 Å². The first-order valence-electron chi connectivity index (χ1n) is 39.3. The molecule has 4 aromatic carbocycles. The maximum atomic E-state index is 15.7. The minimum Gasteiger partial charge on any atom is -0.488 e. The molecule has 11 N–H and O–H groups in total. The summed E-state index contributed by atoms with van der Waals surface area (Å²) in [5.41, 5.74) is 4.36. The zero-order valence-electron chi connectivity index (χ0n) is 67.7. The molecule has 0 spiro atoms. The monoisotopic (exact) mass is 1570 g/mol. The number of amides is 11. The van der Waals surface area contributed by atoms with Crippen molar-refractivity contribution in [1.82, 2.24) is 52.8 Å². The van der Waals surface area contributed by atoms with Crippen LogP contribution in [0.4, 0.5) is 4.79 Å². The Morgan fingerprint density at radius 2 is 1.15 bits per heavy atom. The number of hydrogen-bond acceptors (Lipinski definition) is 15. The number of carbonyl (C=O) groups is 11. The first kappa shape index (κ1) is 90.0. The number of thiophene rings is 1. The molecule has 7 rings (SSSR count). The highest BCUT2D eigenvalue weighted by Gasteiger charge is 2.44. The van der Waals surface area contributed by atoms with E-state index in [1.165, 1.54) is 22.3 Å². The molecule has 2 aliphatic rings. The number of ether oxygens (including phenoxy) is 3. The molecule has 1 saturated heterocycles. The Hall–Kier alpha value is -10.2. The van der Waals surface area contributed by atoms with Gasteiger partial charge in [-0.25, -0.2) is 4.79 Å². The fourth-order valence-electron chi connectivity index (χ4n) is 14.3. The van der Waals surface area contributed by atoms with Crippen LogP contribution in [-0.4, -0.2) is 154 Å². The normalized spacial score (nSPS) is 16.7. The Morgan fingerprint density at radius 1 is 0.593 bits per heavy atom. The van der Waals surface area contributed by atoms with Crippen molar-refractivity contribution in [2.45, 2.75) is 256 Å². The molecule has 0 unspecified atom stereocenters. The number of benzene rings is 4. The summed E-state index contributed by atoms with van der Waals surface area (Å²) >= 11 is 1.41. The van der Waals surface area contributed by atoms with Crippen molar-refractivity contribution in [2.75, 3.05) is 13.1 Å². The van der Waals surface area contributed by atoms with Crippen LogP contribution in [-0.2, 0) is 75.8 Å². The maximum Gasteiger partial charge on any atom is 0.407 e. The number of allylic oxidation sites excluding steroid dienone is 1. The second-order valence-corrected chi connectivity index (χ2v) is 33.6. The largest absolute Gasteiger partial charge is 0.488 e. The first-order chi connectivity index (χ1) is 53.5. The summed E-state index contributed by atoms with van der Waals surface area (Å²) in [6.45, 7) is 29.2. The summed E-state index contributed by atoms with van der Waals surface area (Å²) in [5, 5.41) is 27.7. The van der Waals surface area contributed by atoms with Crippen molar-refractivity contribution in [3.63, 3.8) is 0 Å². The molecule has 1 aliphatic heterocycles. The first-order valence-corrected chi connectivity index (χ1v) is 40.2. The average Bonchev–Trinajstić information content (AvgIpc) is 1.52. The molecule has 25 nitrogen and oxygen atoms in total. The van der Waals surface area contributed by atoms with Gasteiger partial charge >= 0.3 is 6.09 Å². The summed E-state index contributed by atoms with van der Waals surface area (Å²) in [7, 11) is 0. The van der Waals surface area contributed by atoms with Crippen LogP contribution in [0.15, 0.2) is 158 Å². The molecule has 1 aliphatic carbocycles. The van der Waals surface area contributed by atoms with Gasteiger partial charge in [-0.15, -0.1) is 24.5 Å². The van der Waals surface area contributed by atoms with Gasteiger partial charge in [-0.1, -0.05) is 161 Å². The second kappa shape index (κ2) is 41.5. The predicted octanol–water partition coefficient (Wildman–Crippen LogP) is 9.74. The van der Waals surface area contributed by atoms with Gasteiger partial charge in [0.25, 0.3) is 0 Å². The van der Waals surface area contributed by atoms with E-state index in [0.29, 0.717) is 40.8 Å². The molecule has 2 fully saturated rings. The molecule has 0 bridgehead atoms. The summed E-state index contributed by atoms with van der Waals surface area (Å²) < 4.78 is 17.8. The van der Waals surface area contributed by atoms with Gasteiger partial charge < -0.3 is 72.7 Å². The van der Waals surface area contributed by atoms with E-state index in [0.717, 1.165) is 37.0 Å². The molecular weight excluding hydrogens is 1460 g/mol. The minimum absolute atomic E-state index is 0.00891. The van der Waals surface area contributed by atoms with E-state index >= 15 is 24.0 Å². The van der Waals surface area contributed by atoms with Gasteiger partial charge in [0, 0.05) is 37.2 Å². The molecule has 10 atom stereocenters. The van der Waals surface area contributed by atoms with E-state index in [1.54, 1.807) is 79.7 Å². The standard InChI is InChI=1S/C87H119N11O14S/c1-15-33-65(81(108)98-50-31-42-69(98)78(105)91-64(41-30-49-89-82(109)112-85(12,13)14)75(102)93-66(74(88)101)52-58-43-45-62(46-44-58)111-84(9,10)11)92-76(103)68(54-70(99)97-87(59-34-22-18-23-35-59,60-36-24-19-25-37-60)61-38-26-20-27-39-61)94-80(107)73(57(5)110-83(6,7)8)96-79(106)72(56(4)16-2)95-77(104)67(53-63-40-32-51-113-63)90-71(100)55-86(17-3)47-28-21-29-48-86/h15,17-20,22-27,32,34-40,43-46,51,56-57,64-69,72-73H,1,3,16,21,28-31,33,41-42,47-50,52-55H2,2,4-14H3,(H2,88,101)(H,89,109)(H,90,100)(H,91,105)(H,92,103)(H,93,102)(H,94,107)(H,95,104)(H,96,106)(H,97,99)/t56-,57+,64+,65+,66+,67-,68+,69+,72+,73-/m1/s1. The molecule has 1 aromatic heterocycles. The van der Waals surface area contributed by atoms with Gasteiger partial charge in [0.05, 0.1) is 18.1 Å². The van der Waals surface area contributed by atoms with Gasteiger partial charge in [-0.05, 0) is 171 Å². The lowest BCUT2D eigenvalue weighted by Gasteiger charge is -2.37. The highest BCUT2D eigenvalue weighted by molar-refractivity contribution is 7.09. The number of rotatable bonds is 39. The third kappa shape index (κ3) is 27.3. The smallest absolute Gasteiger partial charge is 0.407 e. The van der Waals surface area contributed by atoms with Crippen LogP contribution >= 0.6 is 11.3 Å². The quantitative estimate of drug-likeness (QED) is 0.00994. The molecule has 11 amide bonds. The molecule has 26 heteroatoms. The van der Waals surface area contributed by atoms with E-state index in [-0.39, 0.29) is 63.9 Å². The molecule has 612 valence electrons. The highest BCUT2D eigenvalue weighted by Crippen LogP contribution is 2.41. The Labute approximate surface area is 670 Å².